The molecule has 3 rings (SSSR count). The van der Waals surface area contributed by atoms with Crippen molar-refractivity contribution in [2.45, 2.75) is 33.6 Å². The molecule has 1 aromatic heterocycles. The van der Waals surface area contributed by atoms with E-state index in [-0.39, 0.29) is 23.9 Å². The standard InChI is InChI=1S/C22H20FNO2/c1-4-6-15-9-13(2)20(14(3)10-15)21-18(25)12-16(22(21)26)11-17-7-5-8-19(23)24-17/h5,7-10,16,26H,11-12H2,1-3H3. The quantitative estimate of drug-likeness (QED) is 0.663. The van der Waals surface area contributed by atoms with Crippen LogP contribution in [-0.4, -0.2) is 15.9 Å². The fourth-order valence-corrected chi connectivity index (χ4v) is 3.60. The number of pyridine rings is 1. The minimum absolute atomic E-state index is 0.0709. The number of aromatic nitrogens is 1. The van der Waals surface area contributed by atoms with Gasteiger partial charge in [0.2, 0.25) is 5.95 Å². The molecule has 0 spiro atoms. The molecule has 2 aromatic rings. The number of carbonyl (C=O) groups excluding carboxylic acids is 1. The van der Waals surface area contributed by atoms with Gasteiger partial charge in [-0.1, -0.05) is 12.0 Å². The predicted octanol–water partition coefficient (Wildman–Crippen LogP) is 4.31. The van der Waals surface area contributed by atoms with Gasteiger partial charge >= 0.3 is 0 Å². The summed E-state index contributed by atoms with van der Waals surface area (Å²) in [5.74, 6) is 4.93. The zero-order valence-corrected chi connectivity index (χ0v) is 15.1. The topological polar surface area (TPSA) is 50.2 Å². The van der Waals surface area contributed by atoms with Crippen molar-refractivity contribution in [1.29, 1.82) is 0 Å². The number of carbonyl (C=O) groups is 1. The Morgan fingerprint density at radius 2 is 1.96 bits per heavy atom. The van der Waals surface area contributed by atoms with Gasteiger partial charge in [-0.15, -0.1) is 5.92 Å². The second-order valence-electron chi connectivity index (χ2n) is 6.60. The second-order valence-corrected chi connectivity index (χ2v) is 6.60. The largest absolute Gasteiger partial charge is 0.511 e. The number of halogens is 1. The molecule has 0 saturated carbocycles. The fourth-order valence-electron chi connectivity index (χ4n) is 3.60. The predicted molar refractivity (Wildman–Crippen MR) is 99.0 cm³/mol. The van der Waals surface area contributed by atoms with E-state index in [2.05, 4.69) is 16.8 Å². The van der Waals surface area contributed by atoms with Crippen LogP contribution in [0.3, 0.4) is 0 Å². The molecule has 1 aromatic carbocycles. The molecule has 1 aliphatic carbocycles. The van der Waals surface area contributed by atoms with Crippen LogP contribution in [0.5, 0.6) is 0 Å². The molecule has 0 fully saturated rings. The van der Waals surface area contributed by atoms with Crippen molar-refractivity contribution in [3.63, 3.8) is 0 Å². The first-order valence-corrected chi connectivity index (χ1v) is 8.52. The normalized spacial score (nSPS) is 16.6. The first-order chi connectivity index (χ1) is 12.4. The molecular weight excluding hydrogens is 329 g/mol. The molecule has 132 valence electrons. The van der Waals surface area contributed by atoms with Crippen LogP contribution in [0.4, 0.5) is 4.39 Å². The number of aryl methyl sites for hydroxylation is 2. The van der Waals surface area contributed by atoms with Gasteiger partial charge in [0.15, 0.2) is 5.78 Å². The molecular formula is C22H20FNO2. The zero-order valence-electron chi connectivity index (χ0n) is 15.1. The number of Topliss-reactive ketones (excluding diaryl/α,β-unsaturated/α-hetero) is 1. The number of rotatable bonds is 3. The van der Waals surface area contributed by atoms with Crippen molar-refractivity contribution in [2.24, 2.45) is 5.92 Å². The lowest BCUT2D eigenvalue weighted by Crippen LogP contribution is -2.06. The Kier molecular flexibility index (Phi) is 4.90. The summed E-state index contributed by atoms with van der Waals surface area (Å²) in [6, 6.07) is 8.41. The Morgan fingerprint density at radius 1 is 1.27 bits per heavy atom. The average Bonchev–Trinajstić information content (AvgIpc) is 2.82. The SMILES string of the molecule is CC#Cc1cc(C)c(C2=C(O)C(Cc3cccc(F)n3)CC2=O)c(C)c1. The molecule has 1 atom stereocenters. The Balaban J connectivity index is 2.00. The van der Waals surface area contributed by atoms with Crippen LogP contribution in [0.15, 0.2) is 36.1 Å². The molecule has 4 heteroatoms. The number of nitrogens with zero attached hydrogens (tertiary/aromatic N) is 1. The number of ketones is 1. The highest BCUT2D eigenvalue weighted by Gasteiger charge is 2.34. The molecule has 0 radical (unpaired) electrons. The lowest BCUT2D eigenvalue weighted by Gasteiger charge is -2.13. The third kappa shape index (κ3) is 3.39. The number of hydrogen-bond donors (Lipinski definition) is 1. The van der Waals surface area contributed by atoms with Crippen molar-refractivity contribution in [3.05, 3.63) is 70.0 Å². The van der Waals surface area contributed by atoms with Gasteiger partial charge in [-0.2, -0.15) is 4.39 Å². The van der Waals surface area contributed by atoms with Crippen molar-refractivity contribution in [2.75, 3.05) is 0 Å². The van der Waals surface area contributed by atoms with E-state index in [0.717, 1.165) is 22.3 Å². The fraction of sp³-hybridized carbons (Fsp3) is 0.273. The molecule has 0 aliphatic heterocycles. The van der Waals surface area contributed by atoms with Crippen LogP contribution in [-0.2, 0) is 11.2 Å². The molecule has 3 nitrogen and oxygen atoms in total. The van der Waals surface area contributed by atoms with Gasteiger partial charge in [0.25, 0.3) is 0 Å². The number of allylic oxidation sites excluding steroid dienone is 2. The summed E-state index contributed by atoms with van der Waals surface area (Å²) in [7, 11) is 0. The van der Waals surface area contributed by atoms with Crippen LogP contribution < -0.4 is 0 Å². The van der Waals surface area contributed by atoms with E-state index < -0.39 is 5.95 Å². The van der Waals surface area contributed by atoms with Gasteiger partial charge in [-0.05, 0) is 61.7 Å². The summed E-state index contributed by atoms with van der Waals surface area (Å²) < 4.78 is 13.3. The van der Waals surface area contributed by atoms with Crippen LogP contribution >= 0.6 is 0 Å². The summed E-state index contributed by atoms with van der Waals surface area (Å²) in [4.78, 5) is 16.5. The maximum absolute atomic E-state index is 13.3. The van der Waals surface area contributed by atoms with Gasteiger partial charge < -0.3 is 5.11 Å². The molecule has 1 heterocycles. The van der Waals surface area contributed by atoms with E-state index in [1.165, 1.54) is 6.07 Å². The van der Waals surface area contributed by atoms with E-state index in [1.807, 2.05) is 26.0 Å². The van der Waals surface area contributed by atoms with E-state index in [0.29, 0.717) is 17.7 Å². The van der Waals surface area contributed by atoms with Crippen LogP contribution in [0.25, 0.3) is 5.57 Å². The maximum Gasteiger partial charge on any atom is 0.213 e. The van der Waals surface area contributed by atoms with Crippen LogP contribution in [0, 0.1) is 37.6 Å². The summed E-state index contributed by atoms with van der Waals surface area (Å²) in [6.45, 7) is 5.61. The highest BCUT2D eigenvalue weighted by Crippen LogP contribution is 2.38. The van der Waals surface area contributed by atoms with Gasteiger partial charge in [-0.25, -0.2) is 4.98 Å². The Bertz CT molecular complexity index is 956. The minimum Gasteiger partial charge on any atom is -0.511 e. The van der Waals surface area contributed by atoms with E-state index in [4.69, 9.17) is 0 Å². The van der Waals surface area contributed by atoms with Crippen molar-refractivity contribution in [3.8, 4) is 11.8 Å². The van der Waals surface area contributed by atoms with E-state index in [9.17, 15) is 14.3 Å². The molecule has 1 aliphatic rings. The smallest absolute Gasteiger partial charge is 0.213 e. The molecule has 26 heavy (non-hydrogen) atoms. The summed E-state index contributed by atoms with van der Waals surface area (Å²) in [5, 5.41) is 10.7. The number of aliphatic hydroxyl groups excluding tert-OH is 1. The Hall–Kier alpha value is -2.93. The van der Waals surface area contributed by atoms with Crippen LogP contribution in [0.1, 0.15) is 41.3 Å². The van der Waals surface area contributed by atoms with E-state index in [1.54, 1.807) is 19.1 Å². The van der Waals surface area contributed by atoms with Crippen molar-refractivity contribution in [1.82, 2.24) is 4.98 Å². The maximum atomic E-state index is 13.3. The number of benzene rings is 1. The molecule has 0 bridgehead atoms. The lowest BCUT2D eigenvalue weighted by atomic mass is 9.92. The second kappa shape index (κ2) is 7.13. The number of aliphatic hydroxyl groups is 1. The van der Waals surface area contributed by atoms with Crippen molar-refractivity contribution >= 4 is 11.4 Å². The zero-order chi connectivity index (χ0) is 18.8. The van der Waals surface area contributed by atoms with Crippen LogP contribution in [0.2, 0.25) is 0 Å². The molecule has 0 saturated heterocycles. The summed E-state index contributed by atoms with van der Waals surface area (Å²) >= 11 is 0. The lowest BCUT2D eigenvalue weighted by molar-refractivity contribution is -0.113. The van der Waals surface area contributed by atoms with Gasteiger partial charge in [-0.3, -0.25) is 4.79 Å². The third-order valence-corrected chi connectivity index (χ3v) is 4.63. The number of hydrogen-bond acceptors (Lipinski definition) is 3. The minimum atomic E-state index is -0.560. The highest BCUT2D eigenvalue weighted by molar-refractivity contribution is 6.24. The summed E-state index contributed by atoms with van der Waals surface area (Å²) in [6.07, 6.45) is 0.533. The molecule has 0 amide bonds. The van der Waals surface area contributed by atoms with Gasteiger partial charge in [0, 0.05) is 30.0 Å². The van der Waals surface area contributed by atoms with E-state index >= 15 is 0 Å². The monoisotopic (exact) mass is 349 g/mol. The first kappa shape index (κ1) is 17.9. The Labute approximate surface area is 152 Å². The van der Waals surface area contributed by atoms with Gasteiger partial charge in [0.1, 0.15) is 5.76 Å². The first-order valence-electron chi connectivity index (χ1n) is 8.52. The summed E-state index contributed by atoms with van der Waals surface area (Å²) in [5.41, 5.74) is 4.36. The highest BCUT2D eigenvalue weighted by atomic mass is 19.1. The molecule has 1 unspecified atom stereocenters. The van der Waals surface area contributed by atoms with Gasteiger partial charge in [0.05, 0.1) is 5.57 Å². The van der Waals surface area contributed by atoms with Crippen molar-refractivity contribution < 1.29 is 14.3 Å². The Morgan fingerprint density at radius 3 is 2.58 bits per heavy atom. The average molecular weight is 349 g/mol. The molecule has 1 N–H and O–H groups in total. The third-order valence-electron chi connectivity index (χ3n) is 4.63.